The van der Waals surface area contributed by atoms with Gasteiger partial charge < -0.3 is 19.8 Å². The maximum absolute atomic E-state index is 13.5. The predicted molar refractivity (Wildman–Crippen MR) is 121 cm³/mol. The van der Waals surface area contributed by atoms with Crippen molar-refractivity contribution in [1.29, 1.82) is 0 Å². The summed E-state index contributed by atoms with van der Waals surface area (Å²) in [5.74, 6) is -3.92. The number of anilines is 1. The second kappa shape index (κ2) is 14.0. The van der Waals surface area contributed by atoms with Crippen LogP contribution in [0.25, 0.3) is 0 Å². The van der Waals surface area contributed by atoms with E-state index in [1.54, 1.807) is 12.1 Å². The van der Waals surface area contributed by atoms with Crippen LogP contribution in [0.15, 0.2) is 36.5 Å². The Bertz CT molecular complexity index is 1070. The number of halogens is 7. The fourth-order valence-corrected chi connectivity index (χ4v) is 3.58. The highest BCUT2D eigenvalue weighted by molar-refractivity contribution is 5.73. The Balaban J connectivity index is 0.000000317. The molecule has 2 N–H and O–H groups in total. The molecule has 4 rings (SSSR count). The monoisotopic (exact) mass is 570 g/mol. The van der Waals surface area contributed by atoms with E-state index >= 15 is 0 Å². The Morgan fingerprint density at radius 1 is 0.974 bits per heavy atom. The van der Waals surface area contributed by atoms with Crippen molar-refractivity contribution < 1.29 is 55.3 Å². The summed E-state index contributed by atoms with van der Waals surface area (Å²) >= 11 is 0. The Labute approximate surface area is 217 Å². The van der Waals surface area contributed by atoms with E-state index in [9.17, 15) is 30.7 Å². The summed E-state index contributed by atoms with van der Waals surface area (Å²) in [4.78, 5) is 31.7. The Kier molecular flexibility index (Phi) is 11.4. The van der Waals surface area contributed by atoms with E-state index in [1.807, 2.05) is 18.3 Å². The zero-order valence-electron chi connectivity index (χ0n) is 20.3. The second-order valence-electron chi connectivity index (χ2n) is 8.26. The Morgan fingerprint density at radius 2 is 1.56 bits per heavy atom. The van der Waals surface area contributed by atoms with Gasteiger partial charge in [-0.25, -0.2) is 23.9 Å². The molecule has 0 amide bonds. The van der Waals surface area contributed by atoms with Gasteiger partial charge >= 0.3 is 24.3 Å². The van der Waals surface area contributed by atoms with Gasteiger partial charge in [-0.3, -0.25) is 4.90 Å². The highest BCUT2D eigenvalue weighted by Crippen LogP contribution is 2.26. The van der Waals surface area contributed by atoms with Gasteiger partial charge in [0.1, 0.15) is 17.5 Å². The first-order chi connectivity index (χ1) is 18.2. The smallest absolute Gasteiger partial charge is 0.475 e. The molecule has 0 aliphatic carbocycles. The molecule has 1 aromatic carbocycles. The molecule has 2 fully saturated rings. The van der Waals surface area contributed by atoms with Crippen molar-refractivity contribution in [2.75, 3.05) is 37.7 Å². The summed E-state index contributed by atoms with van der Waals surface area (Å²) in [6.45, 7) is 4.83. The summed E-state index contributed by atoms with van der Waals surface area (Å²) in [6.07, 6.45) is -5.89. The maximum Gasteiger partial charge on any atom is 0.490 e. The molecular weight excluding hydrogens is 545 g/mol. The summed E-state index contributed by atoms with van der Waals surface area (Å²) < 4.78 is 82.7. The minimum atomic E-state index is -5.08. The number of nitrogens with zero attached hydrogens (tertiary/aromatic N) is 4. The fraction of sp³-hybridized carbons (Fsp3) is 0.478. The number of carbonyl (C=O) groups is 2. The molecule has 39 heavy (non-hydrogen) atoms. The van der Waals surface area contributed by atoms with Crippen LogP contribution >= 0.6 is 0 Å². The van der Waals surface area contributed by atoms with Crippen molar-refractivity contribution in [1.82, 2.24) is 14.9 Å². The van der Waals surface area contributed by atoms with E-state index in [0.29, 0.717) is 19.8 Å². The third kappa shape index (κ3) is 10.6. The highest BCUT2D eigenvalue weighted by atomic mass is 19.4. The summed E-state index contributed by atoms with van der Waals surface area (Å²) in [6, 6.07) is 8.76. The minimum Gasteiger partial charge on any atom is -0.475 e. The number of alkyl halides is 6. The lowest BCUT2D eigenvalue weighted by Gasteiger charge is -2.34. The lowest BCUT2D eigenvalue weighted by Crippen LogP contribution is -2.40. The van der Waals surface area contributed by atoms with E-state index in [1.165, 1.54) is 18.9 Å². The van der Waals surface area contributed by atoms with Gasteiger partial charge in [0.05, 0.1) is 19.3 Å². The van der Waals surface area contributed by atoms with Crippen molar-refractivity contribution >= 4 is 17.8 Å². The second-order valence-corrected chi connectivity index (χ2v) is 8.26. The number of rotatable bonds is 4. The maximum atomic E-state index is 13.5. The van der Waals surface area contributed by atoms with Gasteiger partial charge in [-0.2, -0.15) is 26.3 Å². The predicted octanol–water partition coefficient (Wildman–Crippen LogP) is 4.06. The van der Waals surface area contributed by atoms with E-state index < -0.39 is 24.3 Å². The largest absolute Gasteiger partial charge is 0.490 e. The van der Waals surface area contributed by atoms with E-state index in [0.717, 1.165) is 36.8 Å². The first-order valence-electron chi connectivity index (χ1n) is 11.4. The Morgan fingerprint density at radius 3 is 2.10 bits per heavy atom. The van der Waals surface area contributed by atoms with Crippen LogP contribution in [-0.2, 0) is 20.9 Å². The highest BCUT2D eigenvalue weighted by Gasteiger charge is 2.39. The lowest BCUT2D eigenvalue weighted by atomic mass is 10.1. The molecule has 0 spiro atoms. The summed E-state index contributed by atoms with van der Waals surface area (Å²) in [5.41, 5.74) is 0.961. The average Bonchev–Trinajstić information content (AvgIpc) is 3.39. The van der Waals surface area contributed by atoms with Gasteiger partial charge in [-0.15, -0.1) is 0 Å². The zero-order chi connectivity index (χ0) is 29.2. The molecule has 3 heterocycles. The zero-order valence-corrected chi connectivity index (χ0v) is 20.3. The molecule has 216 valence electrons. The van der Waals surface area contributed by atoms with Crippen LogP contribution in [0.3, 0.4) is 0 Å². The molecule has 2 aliphatic heterocycles. The molecule has 9 nitrogen and oxygen atoms in total. The quantitative estimate of drug-likeness (QED) is 0.525. The molecule has 2 aromatic rings. The van der Waals surface area contributed by atoms with Crippen LogP contribution in [0.1, 0.15) is 30.3 Å². The molecule has 1 aromatic heterocycles. The van der Waals surface area contributed by atoms with Crippen molar-refractivity contribution in [3.63, 3.8) is 0 Å². The van der Waals surface area contributed by atoms with Gasteiger partial charge in [0.2, 0.25) is 0 Å². The molecule has 0 saturated carbocycles. The van der Waals surface area contributed by atoms with Crippen molar-refractivity contribution in [3.8, 4) is 0 Å². The van der Waals surface area contributed by atoms with E-state index in [-0.39, 0.29) is 11.9 Å². The number of benzene rings is 1. The number of morpholine rings is 1. The number of aliphatic carboxylic acids is 2. The third-order valence-electron chi connectivity index (χ3n) is 5.39. The molecule has 2 aliphatic rings. The van der Waals surface area contributed by atoms with Crippen LogP contribution in [0, 0.1) is 5.82 Å². The van der Waals surface area contributed by atoms with E-state index in [2.05, 4.69) is 14.8 Å². The van der Waals surface area contributed by atoms with Gasteiger partial charge in [-0.05, 0) is 36.6 Å². The molecule has 2 saturated heterocycles. The molecule has 0 bridgehead atoms. The van der Waals surface area contributed by atoms with Crippen LogP contribution in [0.4, 0.5) is 36.6 Å². The van der Waals surface area contributed by atoms with Crippen molar-refractivity contribution in [2.45, 2.75) is 37.8 Å². The van der Waals surface area contributed by atoms with Gasteiger partial charge in [0.15, 0.2) is 0 Å². The first-order valence-corrected chi connectivity index (χ1v) is 11.4. The number of carboxylic acid groups (broad SMARTS) is 2. The van der Waals surface area contributed by atoms with Crippen LogP contribution in [0.2, 0.25) is 0 Å². The fourth-order valence-electron chi connectivity index (χ4n) is 3.58. The standard InChI is InChI=1S/C19H23FN4O.2C2HF3O2/c20-16-5-3-4-15(12-16)13-24-10-11-25-14-17(24)19-21-7-6-18(22-19)23-8-1-2-9-23;2*3-2(4,5)1(6)7/h3-7,12,17H,1-2,8-11,13-14H2;2*(H,6,7). The van der Waals surface area contributed by atoms with Gasteiger partial charge in [0.25, 0.3) is 0 Å². The number of ether oxygens (including phenoxy) is 1. The van der Waals surface area contributed by atoms with Gasteiger partial charge in [-0.1, -0.05) is 12.1 Å². The molecular formula is C23H25F7N4O5. The Hall–Kier alpha value is -3.53. The van der Waals surface area contributed by atoms with Gasteiger partial charge in [0, 0.05) is 32.4 Å². The molecule has 0 radical (unpaired) electrons. The third-order valence-corrected chi connectivity index (χ3v) is 5.39. The van der Waals surface area contributed by atoms with Crippen LogP contribution in [0.5, 0.6) is 0 Å². The molecule has 1 unspecified atom stereocenters. The number of hydrogen-bond donors (Lipinski definition) is 2. The number of hydrogen-bond acceptors (Lipinski definition) is 7. The van der Waals surface area contributed by atoms with Crippen molar-refractivity contribution in [3.05, 3.63) is 53.7 Å². The van der Waals surface area contributed by atoms with Crippen LogP contribution < -0.4 is 4.90 Å². The lowest BCUT2D eigenvalue weighted by molar-refractivity contribution is -0.193. The average molecular weight is 570 g/mol. The topological polar surface area (TPSA) is 116 Å². The summed E-state index contributed by atoms with van der Waals surface area (Å²) in [5, 5.41) is 14.2. The molecule has 1 atom stereocenters. The van der Waals surface area contributed by atoms with E-state index in [4.69, 9.17) is 29.5 Å². The normalized spacial score (nSPS) is 17.9. The minimum absolute atomic E-state index is 0.000398. The summed E-state index contributed by atoms with van der Waals surface area (Å²) in [7, 11) is 0. The first kappa shape index (κ1) is 31.7. The number of aromatic nitrogens is 2. The number of carboxylic acids is 2. The van der Waals surface area contributed by atoms with Crippen LogP contribution in [-0.4, -0.2) is 82.2 Å². The van der Waals surface area contributed by atoms with Crippen molar-refractivity contribution in [2.24, 2.45) is 0 Å². The SMILES string of the molecule is Fc1cccc(CN2CCOCC2c2nccc(N3CCCC3)n2)c1.O=C(O)C(F)(F)F.O=C(O)C(F)(F)F. The molecule has 16 heteroatoms.